The summed E-state index contributed by atoms with van der Waals surface area (Å²) < 4.78 is 0. The highest BCUT2D eigenvalue weighted by molar-refractivity contribution is 5.83. The van der Waals surface area contributed by atoms with Crippen molar-refractivity contribution in [2.24, 2.45) is 0 Å². The molecule has 0 heterocycles. The molecular formula is C15H23NO. The third kappa shape index (κ3) is 3.09. The Hall–Kier alpha value is -1.31. The van der Waals surface area contributed by atoms with Crippen LogP contribution in [0.3, 0.4) is 0 Å². The fraction of sp³-hybridized carbons (Fsp3) is 0.533. The van der Waals surface area contributed by atoms with Gasteiger partial charge in [-0.05, 0) is 51.0 Å². The van der Waals surface area contributed by atoms with Crippen molar-refractivity contribution in [2.45, 2.75) is 40.5 Å². The molecule has 0 bridgehead atoms. The molecule has 0 saturated heterocycles. The standard InChI is InChI=1S/C15H23NO/c1-6-16(7-2)14-8-9-15(11(3)10-14)12(4)13(5)17/h8-10,12H,6-7H2,1-5H3. The molecule has 0 aliphatic heterocycles. The Balaban J connectivity index is 3.05. The lowest BCUT2D eigenvalue weighted by molar-refractivity contribution is -0.118. The minimum Gasteiger partial charge on any atom is -0.372 e. The molecule has 0 aliphatic rings. The Morgan fingerprint density at radius 3 is 2.29 bits per heavy atom. The number of benzene rings is 1. The normalized spacial score (nSPS) is 12.3. The number of nitrogens with zero attached hydrogens (tertiary/aromatic N) is 1. The first kappa shape index (κ1) is 13.8. The van der Waals surface area contributed by atoms with Gasteiger partial charge < -0.3 is 4.90 Å². The number of carbonyl (C=O) groups is 1. The predicted molar refractivity (Wildman–Crippen MR) is 73.8 cm³/mol. The van der Waals surface area contributed by atoms with Crippen LogP contribution in [0.25, 0.3) is 0 Å². The van der Waals surface area contributed by atoms with Crippen molar-refractivity contribution in [1.29, 1.82) is 0 Å². The van der Waals surface area contributed by atoms with Gasteiger partial charge in [-0.25, -0.2) is 0 Å². The van der Waals surface area contributed by atoms with Gasteiger partial charge in [-0.15, -0.1) is 0 Å². The zero-order valence-corrected chi connectivity index (χ0v) is 11.6. The molecule has 0 N–H and O–H groups in total. The second-order valence-electron chi connectivity index (χ2n) is 4.55. The molecule has 17 heavy (non-hydrogen) atoms. The largest absolute Gasteiger partial charge is 0.372 e. The van der Waals surface area contributed by atoms with Crippen LogP contribution in [0.1, 0.15) is 44.7 Å². The topological polar surface area (TPSA) is 20.3 Å². The van der Waals surface area contributed by atoms with Gasteiger partial charge in [0.05, 0.1) is 0 Å². The van der Waals surface area contributed by atoms with E-state index in [0.29, 0.717) is 0 Å². The molecule has 0 aliphatic carbocycles. The summed E-state index contributed by atoms with van der Waals surface area (Å²) in [6.07, 6.45) is 0. The molecule has 0 radical (unpaired) electrons. The fourth-order valence-electron chi connectivity index (χ4n) is 2.15. The number of ketones is 1. The van der Waals surface area contributed by atoms with E-state index in [0.717, 1.165) is 18.7 Å². The Kier molecular flexibility index (Phi) is 4.73. The molecule has 2 nitrogen and oxygen atoms in total. The number of Topliss-reactive ketones (excluding diaryl/α,β-unsaturated/α-hetero) is 1. The minimum atomic E-state index is 0.000697. The maximum absolute atomic E-state index is 11.4. The highest BCUT2D eigenvalue weighted by Gasteiger charge is 2.13. The molecule has 0 fully saturated rings. The molecule has 0 aromatic heterocycles. The molecule has 0 saturated carbocycles. The molecule has 1 rings (SSSR count). The van der Waals surface area contributed by atoms with E-state index in [1.807, 2.05) is 6.92 Å². The van der Waals surface area contributed by atoms with Gasteiger partial charge in [-0.2, -0.15) is 0 Å². The van der Waals surface area contributed by atoms with Gasteiger partial charge in [-0.3, -0.25) is 4.79 Å². The highest BCUT2D eigenvalue weighted by atomic mass is 16.1. The van der Waals surface area contributed by atoms with E-state index in [4.69, 9.17) is 0 Å². The number of carbonyl (C=O) groups excluding carboxylic acids is 1. The SMILES string of the molecule is CCN(CC)c1ccc(C(C)C(C)=O)c(C)c1. The van der Waals surface area contributed by atoms with Crippen LogP contribution in [0.15, 0.2) is 18.2 Å². The fourth-order valence-corrected chi connectivity index (χ4v) is 2.15. The number of hydrogen-bond acceptors (Lipinski definition) is 2. The Morgan fingerprint density at radius 1 is 1.29 bits per heavy atom. The Bertz CT molecular complexity index is 394. The molecule has 0 spiro atoms. The lowest BCUT2D eigenvalue weighted by atomic mass is 9.93. The van der Waals surface area contributed by atoms with Crippen LogP contribution in [0.2, 0.25) is 0 Å². The zero-order chi connectivity index (χ0) is 13.0. The lowest BCUT2D eigenvalue weighted by Crippen LogP contribution is -2.22. The Labute approximate surface area is 105 Å². The summed E-state index contributed by atoms with van der Waals surface area (Å²) in [4.78, 5) is 13.7. The Morgan fingerprint density at radius 2 is 1.88 bits per heavy atom. The third-order valence-electron chi connectivity index (χ3n) is 3.46. The summed E-state index contributed by atoms with van der Waals surface area (Å²) >= 11 is 0. The van der Waals surface area contributed by atoms with Crippen molar-refractivity contribution in [3.8, 4) is 0 Å². The van der Waals surface area contributed by atoms with Crippen molar-refractivity contribution in [1.82, 2.24) is 0 Å². The summed E-state index contributed by atoms with van der Waals surface area (Å²) in [5.41, 5.74) is 3.59. The van der Waals surface area contributed by atoms with Crippen LogP contribution in [-0.2, 0) is 4.79 Å². The van der Waals surface area contributed by atoms with E-state index in [-0.39, 0.29) is 11.7 Å². The van der Waals surface area contributed by atoms with Gasteiger partial charge in [-0.1, -0.05) is 13.0 Å². The molecule has 2 heteroatoms. The van der Waals surface area contributed by atoms with Gasteiger partial charge in [0, 0.05) is 24.7 Å². The summed E-state index contributed by atoms with van der Waals surface area (Å²) in [6.45, 7) is 12.1. The monoisotopic (exact) mass is 233 g/mol. The van der Waals surface area contributed by atoms with Crippen LogP contribution in [0.4, 0.5) is 5.69 Å². The van der Waals surface area contributed by atoms with Crippen molar-refractivity contribution in [3.05, 3.63) is 29.3 Å². The van der Waals surface area contributed by atoms with Crippen LogP contribution in [0.5, 0.6) is 0 Å². The summed E-state index contributed by atoms with van der Waals surface area (Å²) in [6, 6.07) is 6.39. The quantitative estimate of drug-likeness (QED) is 0.775. The van der Waals surface area contributed by atoms with E-state index >= 15 is 0 Å². The van der Waals surface area contributed by atoms with Gasteiger partial charge in [0.15, 0.2) is 0 Å². The summed E-state index contributed by atoms with van der Waals surface area (Å²) in [7, 11) is 0. The van der Waals surface area contributed by atoms with Crippen molar-refractivity contribution >= 4 is 11.5 Å². The van der Waals surface area contributed by atoms with E-state index < -0.39 is 0 Å². The average Bonchev–Trinajstić information content (AvgIpc) is 2.30. The van der Waals surface area contributed by atoms with E-state index in [9.17, 15) is 4.79 Å². The average molecular weight is 233 g/mol. The summed E-state index contributed by atoms with van der Waals surface area (Å²) in [5, 5.41) is 0. The van der Waals surface area contributed by atoms with Gasteiger partial charge in [0.1, 0.15) is 5.78 Å². The van der Waals surface area contributed by atoms with Crippen LogP contribution in [-0.4, -0.2) is 18.9 Å². The smallest absolute Gasteiger partial charge is 0.136 e. The first-order chi connectivity index (χ1) is 8.01. The second kappa shape index (κ2) is 5.85. The number of hydrogen-bond donors (Lipinski definition) is 0. The molecule has 0 amide bonds. The van der Waals surface area contributed by atoms with Gasteiger partial charge in [0.25, 0.3) is 0 Å². The van der Waals surface area contributed by atoms with E-state index in [1.165, 1.54) is 11.3 Å². The van der Waals surface area contributed by atoms with E-state index in [2.05, 4.69) is 43.9 Å². The molecule has 94 valence electrons. The van der Waals surface area contributed by atoms with Crippen LogP contribution >= 0.6 is 0 Å². The lowest BCUT2D eigenvalue weighted by Gasteiger charge is -2.23. The number of anilines is 1. The van der Waals surface area contributed by atoms with Crippen LogP contribution in [0, 0.1) is 6.92 Å². The number of rotatable bonds is 5. The van der Waals surface area contributed by atoms with Crippen molar-refractivity contribution < 1.29 is 4.79 Å². The first-order valence-corrected chi connectivity index (χ1v) is 6.37. The van der Waals surface area contributed by atoms with Gasteiger partial charge in [0.2, 0.25) is 0 Å². The second-order valence-corrected chi connectivity index (χ2v) is 4.55. The maximum atomic E-state index is 11.4. The molecule has 1 atom stereocenters. The number of aryl methyl sites for hydroxylation is 1. The van der Waals surface area contributed by atoms with Crippen molar-refractivity contribution in [3.63, 3.8) is 0 Å². The third-order valence-corrected chi connectivity index (χ3v) is 3.46. The van der Waals surface area contributed by atoms with Crippen LogP contribution < -0.4 is 4.90 Å². The van der Waals surface area contributed by atoms with Gasteiger partial charge >= 0.3 is 0 Å². The highest BCUT2D eigenvalue weighted by Crippen LogP contribution is 2.25. The molecule has 1 unspecified atom stereocenters. The van der Waals surface area contributed by atoms with E-state index in [1.54, 1.807) is 6.92 Å². The predicted octanol–water partition coefficient (Wildman–Crippen LogP) is 3.53. The molecular weight excluding hydrogens is 210 g/mol. The maximum Gasteiger partial charge on any atom is 0.136 e. The first-order valence-electron chi connectivity index (χ1n) is 6.37. The molecule has 1 aromatic rings. The van der Waals surface area contributed by atoms with Crippen molar-refractivity contribution in [2.75, 3.05) is 18.0 Å². The summed E-state index contributed by atoms with van der Waals surface area (Å²) in [5.74, 6) is 0.226. The molecule has 1 aromatic carbocycles. The zero-order valence-electron chi connectivity index (χ0n) is 11.6. The minimum absolute atomic E-state index is 0.000697.